The van der Waals surface area contributed by atoms with E-state index in [1.54, 1.807) is 0 Å². The molecule has 5 nitrogen and oxygen atoms in total. The molecule has 3 N–H and O–H groups in total. The number of nitrogens with two attached hydrogens (primary N) is 1. The van der Waals surface area contributed by atoms with Gasteiger partial charge in [0.15, 0.2) is 0 Å². The lowest BCUT2D eigenvalue weighted by Gasteiger charge is -2.23. The average molecular weight is 275 g/mol. The Kier molecular flexibility index (Phi) is 3.87. The van der Waals surface area contributed by atoms with E-state index in [0.717, 1.165) is 43.5 Å². The first-order chi connectivity index (χ1) is 9.74. The Morgan fingerprint density at radius 3 is 3.05 bits per heavy atom. The fourth-order valence-electron chi connectivity index (χ4n) is 2.99. The number of carbonyl (C=O) groups is 1. The predicted molar refractivity (Wildman–Crippen MR) is 75.9 cm³/mol. The Morgan fingerprint density at radius 2 is 2.30 bits per heavy atom. The summed E-state index contributed by atoms with van der Waals surface area (Å²) in [4.78, 5) is 16.1. The summed E-state index contributed by atoms with van der Waals surface area (Å²) in [6.45, 7) is 1.58. The number of pyridine rings is 1. The van der Waals surface area contributed by atoms with Gasteiger partial charge < -0.3 is 15.8 Å². The minimum Gasteiger partial charge on any atom is -0.475 e. The highest BCUT2D eigenvalue weighted by Crippen LogP contribution is 2.26. The molecule has 1 aliphatic carbocycles. The molecule has 0 radical (unpaired) electrons. The Balaban J connectivity index is 1.75. The molecule has 1 fully saturated rings. The zero-order valence-electron chi connectivity index (χ0n) is 11.7. The third-order valence-corrected chi connectivity index (χ3v) is 4.11. The van der Waals surface area contributed by atoms with E-state index in [2.05, 4.69) is 10.3 Å². The number of nitrogens with one attached hydrogen (secondary N) is 1. The molecule has 0 aromatic carbocycles. The van der Waals surface area contributed by atoms with E-state index in [0.29, 0.717) is 24.1 Å². The van der Waals surface area contributed by atoms with Gasteiger partial charge in [-0.3, -0.25) is 4.79 Å². The molecule has 0 saturated carbocycles. The number of aromatic nitrogens is 1. The number of amides is 1. The van der Waals surface area contributed by atoms with Gasteiger partial charge in [-0.1, -0.05) is 6.42 Å². The summed E-state index contributed by atoms with van der Waals surface area (Å²) in [6, 6.07) is 2.21. The van der Waals surface area contributed by atoms with E-state index < -0.39 is 5.91 Å². The SMILES string of the molecule is NC(=O)c1cc2c(nc1OCC1CCCCN1)CCC2. The summed E-state index contributed by atoms with van der Waals surface area (Å²) >= 11 is 0. The van der Waals surface area contributed by atoms with Crippen LogP contribution in [-0.2, 0) is 12.8 Å². The molecule has 2 aliphatic rings. The maximum absolute atomic E-state index is 11.6. The number of fused-ring (bicyclic) bond motifs is 1. The molecular weight excluding hydrogens is 254 g/mol. The van der Waals surface area contributed by atoms with Crippen molar-refractivity contribution >= 4 is 5.91 Å². The molecule has 1 aromatic rings. The van der Waals surface area contributed by atoms with Crippen LogP contribution in [0.2, 0.25) is 0 Å². The van der Waals surface area contributed by atoms with Gasteiger partial charge in [0.1, 0.15) is 12.2 Å². The summed E-state index contributed by atoms with van der Waals surface area (Å²) in [5.41, 5.74) is 8.06. The summed E-state index contributed by atoms with van der Waals surface area (Å²) in [7, 11) is 0. The van der Waals surface area contributed by atoms with Crippen LogP contribution in [-0.4, -0.2) is 30.1 Å². The molecule has 0 bridgehead atoms. The maximum Gasteiger partial charge on any atom is 0.254 e. The lowest BCUT2D eigenvalue weighted by Crippen LogP contribution is -2.38. The molecule has 3 rings (SSSR count). The molecule has 1 atom stereocenters. The van der Waals surface area contributed by atoms with Crippen LogP contribution in [0.25, 0.3) is 0 Å². The van der Waals surface area contributed by atoms with Crippen LogP contribution in [0.1, 0.15) is 47.3 Å². The van der Waals surface area contributed by atoms with Gasteiger partial charge >= 0.3 is 0 Å². The second kappa shape index (κ2) is 5.79. The van der Waals surface area contributed by atoms with Gasteiger partial charge in [0.2, 0.25) is 5.88 Å². The number of ether oxygens (including phenoxy) is 1. The number of piperidine rings is 1. The molecule has 2 heterocycles. The third-order valence-electron chi connectivity index (χ3n) is 4.11. The second-order valence-corrected chi connectivity index (χ2v) is 5.62. The lowest BCUT2D eigenvalue weighted by atomic mass is 10.1. The number of hydrogen-bond donors (Lipinski definition) is 2. The number of primary amides is 1. The summed E-state index contributed by atoms with van der Waals surface area (Å²) < 4.78 is 5.79. The quantitative estimate of drug-likeness (QED) is 0.865. The first-order valence-corrected chi connectivity index (χ1v) is 7.43. The summed E-state index contributed by atoms with van der Waals surface area (Å²) in [5, 5.41) is 3.42. The van der Waals surface area contributed by atoms with E-state index in [4.69, 9.17) is 10.5 Å². The van der Waals surface area contributed by atoms with Crippen molar-refractivity contribution in [2.24, 2.45) is 5.73 Å². The number of hydrogen-bond acceptors (Lipinski definition) is 4. The molecular formula is C15H21N3O2. The first-order valence-electron chi connectivity index (χ1n) is 7.43. The van der Waals surface area contributed by atoms with E-state index in [1.807, 2.05) is 6.07 Å². The predicted octanol–water partition coefficient (Wildman–Crippen LogP) is 1.19. The van der Waals surface area contributed by atoms with Gasteiger partial charge in [-0.25, -0.2) is 4.98 Å². The van der Waals surface area contributed by atoms with Crippen LogP contribution in [0.4, 0.5) is 0 Å². The van der Waals surface area contributed by atoms with E-state index in [1.165, 1.54) is 12.8 Å². The highest BCUT2D eigenvalue weighted by atomic mass is 16.5. The fraction of sp³-hybridized carbons (Fsp3) is 0.600. The Labute approximate surface area is 118 Å². The summed E-state index contributed by atoms with van der Waals surface area (Å²) in [6.07, 6.45) is 6.59. The smallest absolute Gasteiger partial charge is 0.254 e. The van der Waals surface area contributed by atoms with Crippen molar-refractivity contribution in [1.29, 1.82) is 0 Å². The molecule has 1 aromatic heterocycles. The van der Waals surface area contributed by atoms with E-state index >= 15 is 0 Å². The number of carbonyl (C=O) groups excluding carboxylic acids is 1. The standard InChI is InChI=1S/C15H21N3O2/c16-14(19)12-8-10-4-3-6-13(10)18-15(12)20-9-11-5-1-2-7-17-11/h8,11,17H,1-7,9H2,(H2,16,19). The van der Waals surface area contributed by atoms with Gasteiger partial charge in [-0.2, -0.15) is 0 Å². The van der Waals surface area contributed by atoms with Crippen LogP contribution in [0.15, 0.2) is 6.07 Å². The normalized spacial score (nSPS) is 21.5. The molecule has 5 heteroatoms. The van der Waals surface area contributed by atoms with Crippen LogP contribution < -0.4 is 15.8 Å². The number of nitrogens with zero attached hydrogens (tertiary/aromatic N) is 1. The topological polar surface area (TPSA) is 77.2 Å². The van der Waals surface area contributed by atoms with Crippen molar-refractivity contribution < 1.29 is 9.53 Å². The van der Waals surface area contributed by atoms with Crippen molar-refractivity contribution in [3.8, 4) is 5.88 Å². The van der Waals surface area contributed by atoms with Gasteiger partial charge in [-0.05, 0) is 50.3 Å². The van der Waals surface area contributed by atoms with Crippen molar-refractivity contribution in [1.82, 2.24) is 10.3 Å². The zero-order valence-corrected chi connectivity index (χ0v) is 11.7. The lowest BCUT2D eigenvalue weighted by molar-refractivity contribution is 0.0994. The molecule has 1 amide bonds. The molecule has 108 valence electrons. The Morgan fingerprint density at radius 1 is 1.40 bits per heavy atom. The van der Waals surface area contributed by atoms with E-state index in [9.17, 15) is 4.79 Å². The minimum absolute atomic E-state index is 0.347. The highest BCUT2D eigenvalue weighted by Gasteiger charge is 2.21. The minimum atomic E-state index is -0.459. The average Bonchev–Trinajstić information content (AvgIpc) is 2.92. The number of rotatable bonds is 4. The Bertz CT molecular complexity index is 510. The van der Waals surface area contributed by atoms with Crippen molar-refractivity contribution in [3.63, 3.8) is 0 Å². The zero-order chi connectivity index (χ0) is 13.9. The highest BCUT2D eigenvalue weighted by molar-refractivity contribution is 5.95. The van der Waals surface area contributed by atoms with Crippen molar-refractivity contribution in [3.05, 3.63) is 22.9 Å². The van der Waals surface area contributed by atoms with Crippen LogP contribution in [0, 0.1) is 0 Å². The molecule has 1 saturated heterocycles. The maximum atomic E-state index is 11.6. The molecule has 1 unspecified atom stereocenters. The Hall–Kier alpha value is -1.62. The van der Waals surface area contributed by atoms with Gasteiger partial charge in [0.25, 0.3) is 5.91 Å². The van der Waals surface area contributed by atoms with E-state index in [-0.39, 0.29) is 0 Å². The van der Waals surface area contributed by atoms with Crippen molar-refractivity contribution in [2.45, 2.75) is 44.6 Å². The third kappa shape index (κ3) is 2.77. The molecule has 0 spiro atoms. The fourth-order valence-corrected chi connectivity index (χ4v) is 2.99. The summed E-state index contributed by atoms with van der Waals surface area (Å²) in [5.74, 6) is -0.0515. The molecule has 20 heavy (non-hydrogen) atoms. The number of aryl methyl sites for hydroxylation is 2. The van der Waals surface area contributed by atoms with Crippen molar-refractivity contribution in [2.75, 3.05) is 13.2 Å². The first kappa shape index (κ1) is 13.4. The van der Waals surface area contributed by atoms with Crippen LogP contribution in [0.5, 0.6) is 5.88 Å². The van der Waals surface area contributed by atoms with Crippen LogP contribution >= 0.6 is 0 Å². The second-order valence-electron chi connectivity index (χ2n) is 5.62. The monoisotopic (exact) mass is 275 g/mol. The molecule has 1 aliphatic heterocycles. The largest absolute Gasteiger partial charge is 0.475 e. The van der Waals surface area contributed by atoms with Gasteiger partial charge in [-0.15, -0.1) is 0 Å². The van der Waals surface area contributed by atoms with Crippen LogP contribution in [0.3, 0.4) is 0 Å². The van der Waals surface area contributed by atoms with Gasteiger partial charge in [0, 0.05) is 11.7 Å². The van der Waals surface area contributed by atoms with Gasteiger partial charge in [0.05, 0.1) is 0 Å².